The number of aryl methyl sites for hydroxylation is 2. The number of nitrogens with zero attached hydrogens (tertiary/aromatic N) is 3. The summed E-state index contributed by atoms with van der Waals surface area (Å²) in [4.78, 5) is 27.8. The van der Waals surface area contributed by atoms with Crippen molar-refractivity contribution in [2.45, 2.75) is 44.7 Å². The molecule has 0 radical (unpaired) electrons. The Morgan fingerprint density at radius 3 is 2.52 bits per heavy atom. The first-order valence-corrected chi connectivity index (χ1v) is 14.7. The van der Waals surface area contributed by atoms with E-state index >= 15 is 0 Å². The van der Waals surface area contributed by atoms with Crippen LogP contribution < -0.4 is 15.4 Å². The van der Waals surface area contributed by atoms with Crippen molar-refractivity contribution in [1.82, 2.24) is 14.4 Å². The van der Waals surface area contributed by atoms with Gasteiger partial charge in [-0.25, -0.2) is 17.6 Å². The van der Waals surface area contributed by atoms with Gasteiger partial charge in [-0.2, -0.15) is 4.31 Å². The predicted molar refractivity (Wildman–Crippen MR) is 152 cm³/mol. The van der Waals surface area contributed by atoms with Crippen LogP contribution in [-0.2, 0) is 10.0 Å². The normalized spacial score (nSPS) is 18.1. The number of nitrogens with one attached hydrogen (secondary N) is 2. The van der Waals surface area contributed by atoms with Crippen molar-refractivity contribution in [2.24, 2.45) is 5.92 Å². The molecular weight excluding hydrogens is 569 g/mol. The molecule has 1 aliphatic heterocycles. The van der Waals surface area contributed by atoms with E-state index in [0.29, 0.717) is 22.8 Å². The van der Waals surface area contributed by atoms with Gasteiger partial charge in [0.2, 0.25) is 10.0 Å². The second-order valence-corrected chi connectivity index (χ2v) is 12.4. The van der Waals surface area contributed by atoms with Gasteiger partial charge < -0.3 is 29.9 Å². The van der Waals surface area contributed by atoms with Gasteiger partial charge in [0.1, 0.15) is 29.1 Å². The second-order valence-electron chi connectivity index (χ2n) is 10.4. The lowest BCUT2D eigenvalue weighted by atomic mass is 9.99. The van der Waals surface area contributed by atoms with E-state index in [0.717, 1.165) is 16.4 Å². The Labute approximate surface area is 243 Å². The predicted octanol–water partition coefficient (Wildman–Crippen LogP) is 3.62. The maximum absolute atomic E-state index is 13.7. The minimum Gasteiger partial charge on any atom is -0.488 e. The first-order chi connectivity index (χ1) is 19.8. The number of aliphatic hydroxyl groups excluding tert-OH is 1. The maximum atomic E-state index is 13.7. The summed E-state index contributed by atoms with van der Waals surface area (Å²) in [5, 5.41) is 19.0. The lowest BCUT2D eigenvalue weighted by molar-refractivity contribution is 0.0387. The molecule has 226 valence electrons. The van der Waals surface area contributed by atoms with E-state index in [2.05, 4.69) is 15.8 Å². The number of benzene rings is 2. The van der Waals surface area contributed by atoms with E-state index in [4.69, 9.17) is 9.26 Å². The number of amides is 3. The Balaban J connectivity index is 1.62. The Morgan fingerprint density at radius 2 is 1.90 bits per heavy atom. The van der Waals surface area contributed by atoms with Crippen molar-refractivity contribution < 1.29 is 36.8 Å². The zero-order chi connectivity index (χ0) is 30.8. The summed E-state index contributed by atoms with van der Waals surface area (Å²) in [6.07, 6.45) is -0.702. The summed E-state index contributed by atoms with van der Waals surface area (Å²) in [7, 11) is -2.57. The molecule has 0 fully saturated rings. The number of ether oxygens (including phenoxy) is 1. The molecule has 3 N–H and O–H groups in total. The molecule has 4 rings (SSSR count). The zero-order valence-electron chi connectivity index (χ0n) is 23.9. The highest BCUT2D eigenvalue weighted by molar-refractivity contribution is 7.89. The smallest absolute Gasteiger partial charge is 0.323 e. The van der Waals surface area contributed by atoms with Gasteiger partial charge in [0, 0.05) is 25.2 Å². The number of carbonyl (C=O) groups excluding carboxylic acids is 2. The number of likely N-dealkylation sites (N-methyl/N-ethyl adjacent to an activating group) is 1. The Kier molecular flexibility index (Phi) is 9.18. The van der Waals surface area contributed by atoms with Gasteiger partial charge in [-0.3, -0.25) is 4.79 Å². The Morgan fingerprint density at radius 1 is 1.21 bits per heavy atom. The average molecular weight is 604 g/mol. The van der Waals surface area contributed by atoms with Crippen LogP contribution in [0.4, 0.5) is 20.6 Å². The highest BCUT2D eigenvalue weighted by atomic mass is 32.2. The molecule has 2 heterocycles. The number of anilines is 2. The third kappa shape index (κ3) is 6.55. The van der Waals surface area contributed by atoms with Crippen LogP contribution in [0.3, 0.4) is 0 Å². The van der Waals surface area contributed by atoms with Crippen molar-refractivity contribution in [3.63, 3.8) is 0 Å². The number of hydrogen-bond donors (Lipinski definition) is 3. The molecule has 1 aliphatic rings. The Hall–Kier alpha value is -4.01. The fourth-order valence-corrected chi connectivity index (χ4v) is 5.78. The summed E-state index contributed by atoms with van der Waals surface area (Å²) in [5.74, 6) is -0.692. The minimum absolute atomic E-state index is 0.0680. The lowest BCUT2D eigenvalue weighted by Crippen LogP contribution is -2.50. The number of hydrogen-bond acceptors (Lipinski definition) is 8. The number of aliphatic hydroxyl groups is 1. The first-order valence-electron chi connectivity index (χ1n) is 13.3. The molecule has 0 unspecified atom stereocenters. The molecule has 3 amide bonds. The van der Waals surface area contributed by atoms with Gasteiger partial charge in [-0.15, -0.1) is 0 Å². The molecule has 14 heteroatoms. The summed E-state index contributed by atoms with van der Waals surface area (Å²) in [6.45, 7) is 6.67. The maximum Gasteiger partial charge on any atom is 0.323 e. The number of urea groups is 1. The molecule has 0 bridgehead atoms. The molecule has 1 aromatic heterocycles. The van der Waals surface area contributed by atoms with Gasteiger partial charge in [-0.1, -0.05) is 12.1 Å². The van der Waals surface area contributed by atoms with Crippen LogP contribution in [0.1, 0.15) is 35.7 Å². The van der Waals surface area contributed by atoms with Crippen LogP contribution in [0.15, 0.2) is 51.9 Å². The van der Waals surface area contributed by atoms with Gasteiger partial charge in [0.05, 0.1) is 29.7 Å². The number of halogens is 1. The number of fused-ring (bicyclic) bond motifs is 1. The van der Waals surface area contributed by atoms with Crippen LogP contribution >= 0.6 is 0 Å². The third-order valence-corrected chi connectivity index (χ3v) is 8.99. The summed E-state index contributed by atoms with van der Waals surface area (Å²) >= 11 is 0. The molecule has 3 atom stereocenters. The molecule has 3 aromatic rings. The van der Waals surface area contributed by atoms with Crippen LogP contribution in [-0.4, -0.2) is 78.7 Å². The van der Waals surface area contributed by atoms with Crippen LogP contribution in [0.25, 0.3) is 0 Å². The van der Waals surface area contributed by atoms with Crippen molar-refractivity contribution in [3.05, 3.63) is 65.3 Å². The molecule has 0 saturated heterocycles. The molecule has 12 nitrogen and oxygen atoms in total. The highest BCUT2D eigenvalue weighted by Gasteiger charge is 2.35. The van der Waals surface area contributed by atoms with E-state index in [1.165, 1.54) is 36.2 Å². The fraction of sp³-hybridized carbons (Fsp3) is 0.393. The largest absolute Gasteiger partial charge is 0.488 e. The van der Waals surface area contributed by atoms with E-state index in [9.17, 15) is 27.5 Å². The average Bonchev–Trinajstić information content (AvgIpc) is 3.26. The number of aromatic nitrogens is 1. The third-order valence-electron chi connectivity index (χ3n) is 7.15. The molecule has 0 saturated carbocycles. The summed E-state index contributed by atoms with van der Waals surface area (Å²) in [6, 6.07) is 7.96. The fourth-order valence-electron chi connectivity index (χ4n) is 4.59. The quantitative estimate of drug-likeness (QED) is 0.353. The number of rotatable bonds is 8. The van der Waals surface area contributed by atoms with Crippen LogP contribution in [0.2, 0.25) is 0 Å². The first kappa shape index (κ1) is 30.9. The van der Waals surface area contributed by atoms with Crippen molar-refractivity contribution in [1.29, 1.82) is 0 Å². The van der Waals surface area contributed by atoms with E-state index in [-0.39, 0.29) is 41.8 Å². The van der Waals surface area contributed by atoms with Gasteiger partial charge in [-0.05, 0) is 63.2 Å². The van der Waals surface area contributed by atoms with Crippen molar-refractivity contribution >= 4 is 33.3 Å². The van der Waals surface area contributed by atoms with Gasteiger partial charge in [0.25, 0.3) is 5.91 Å². The number of carbonyl (C=O) groups is 2. The molecule has 0 aliphatic carbocycles. The van der Waals surface area contributed by atoms with Crippen LogP contribution in [0, 0.1) is 25.6 Å². The second kappa shape index (κ2) is 12.5. The standard InChI is InChI=1S/C28H34FN5O7S/c1-16-13-34(17(2)15-35)27(36)23-12-21(30-28(37)31-26-18(3)32-41-19(26)4)8-11-24(23)40-25(16)14-33(5)42(38,39)22-9-6-20(29)7-10-22/h6-12,16-17,25,35H,13-15H2,1-5H3,(H2,30,31,37)/t16-,17+,25-/m1/s1. The van der Waals surface area contributed by atoms with Crippen LogP contribution in [0.5, 0.6) is 5.75 Å². The van der Waals surface area contributed by atoms with E-state index in [1.807, 2.05) is 6.92 Å². The SMILES string of the molecule is Cc1noc(C)c1NC(=O)Nc1ccc2c(c1)C(=O)N([C@@H](C)CO)C[C@@H](C)[C@@H](CN(C)S(=O)(=O)c1ccc(F)cc1)O2. The minimum atomic E-state index is -3.97. The molecule has 0 spiro atoms. The van der Waals surface area contributed by atoms with E-state index < -0.39 is 39.9 Å². The summed E-state index contributed by atoms with van der Waals surface area (Å²) in [5.41, 5.74) is 1.36. The van der Waals surface area contributed by atoms with Gasteiger partial charge in [0.15, 0.2) is 5.76 Å². The molecule has 42 heavy (non-hydrogen) atoms. The zero-order valence-corrected chi connectivity index (χ0v) is 24.7. The van der Waals surface area contributed by atoms with Gasteiger partial charge >= 0.3 is 6.03 Å². The monoisotopic (exact) mass is 603 g/mol. The van der Waals surface area contributed by atoms with E-state index in [1.54, 1.807) is 26.8 Å². The lowest BCUT2D eigenvalue weighted by Gasteiger charge is -2.38. The summed E-state index contributed by atoms with van der Waals surface area (Å²) < 4.78 is 52.2. The topological polar surface area (TPSA) is 154 Å². The molecular formula is C28H34FN5O7S. The Bertz CT molecular complexity index is 1540. The number of sulfonamides is 1. The highest BCUT2D eigenvalue weighted by Crippen LogP contribution is 2.31. The van der Waals surface area contributed by atoms with Crippen molar-refractivity contribution in [2.75, 3.05) is 37.4 Å². The molecule has 2 aromatic carbocycles. The van der Waals surface area contributed by atoms with Crippen molar-refractivity contribution in [3.8, 4) is 5.75 Å².